The predicted molar refractivity (Wildman–Crippen MR) is 536 cm³/mol. The molecule has 16 aromatic rings. The van der Waals surface area contributed by atoms with E-state index in [0.29, 0.717) is 0 Å². The molecule has 612 valence electrons. The van der Waals surface area contributed by atoms with Gasteiger partial charge in [-0.25, -0.2) is 0 Å². The van der Waals surface area contributed by atoms with E-state index < -0.39 is 8.07 Å². The molecule has 0 bridgehead atoms. The molecule has 3 nitrogen and oxygen atoms in total. The summed E-state index contributed by atoms with van der Waals surface area (Å²) in [7, 11) is -2.91. The van der Waals surface area contributed by atoms with Crippen LogP contribution in [0.2, 0.25) is 0 Å². The van der Waals surface area contributed by atoms with Gasteiger partial charge < -0.3 is 14.4 Å². The SMILES string of the molecule is CC(C)(C)c1cccc(-c2cc(C(C)(C)C)cc(-c3cccc(C(C)(C)C)c3)c2N2c3ccc(-c4ccc([Si](c5ccccc5)(c5ccccc5)c5ccccc5)cc4)cc3B3c4ccc(-n5c6ccc(C(C)(C)C)cc6c6cc(C(C)(C)C)ccc65)cc4N(c4c(-c5ccccc5)cc(C(C)(C)C)cc4-c4ccccc4)c4cc(C(C)(C)C)cc2c43)c1. The summed E-state index contributed by atoms with van der Waals surface area (Å²) in [5.41, 5.74) is 33.6. The highest BCUT2D eigenvalue weighted by Crippen LogP contribution is 2.56. The van der Waals surface area contributed by atoms with Crippen molar-refractivity contribution < 1.29 is 0 Å². The Bertz CT molecular complexity index is 6430. The molecule has 0 saturated heterocycles. The molecule has 15 aromatic carbocycles. The third-order valence-corrected chi connectivity index (χ3v) is 31.4. The Labute approximate surface area is 734 Å². The van der Waals surface area contributed by atoms with Gasteiger partial charge in [0.25, 0.3) is 6.71 Å². The molecule has 0 unspecified atom stereocenters. The lowest BCUT2D eigenvalue weighted by Crippen LogP contribution is -2.74. The zero-order valence-electron chi connectivity index (χ0n) is 76.2. The van der Waals surface area contributed by atoms with Crippen LogP contribution in [0.4, 0.5) is 34.1 Å². The van der Waals surface area contributed by atoms with Crippen LogP contribution >= 0.6 is 0 Å². The predicted octanol–water partition coefficient (Wildman–Crippen LogP) is 27.7. The number of nitrogens with zero attached hydrogens (tertiary/aromatic N) is 3. The Morgan fingerprint density at radius 3 is 0.959 bits per heavy atom. The Balaban J connectivity index is 1.02. The fourth-order valence-electron chi connectivity index (χ4n) is 19.5. The molecular weight excluding hydrogens is 1500 g/mol. The minimum Gasteiger partial charge on any atom is -0.310 e. The number of rotatable bonds is 12. The van der Waals surface area contributed by atoms with Crippen molar-refractivity contribution in [2.24, 2.45) is 0 Å². The van der Waals surface area contributed by atoms with Crippen LogP contribution in [0.15, 0.2) is 334 Å². The van der Waals surface area contributed by atoms with E-state index in [4.69, 9.17) is 0 Å². The Morgan fingerprint density at radius 1 is 0.220 bits per heavy atom. The van der Waals surface area contributed by atoms with Crippen molar-refractivity contribution in [2.45, 2.75) is 183 Å². The monoisotopic (exact) mass is 1620 g/mol. The van der Waals surface area contributed by atoms with Crippen LogP contribution in [-0.2, 0) is 37.9 Å². The molecule has 0 saturated carbocycles. The molecule has 0 N–H and O–H groups in total. The van der Waals surface area contributed by atoms with Gasteiger partial charge in [-0.15, -0.1) is 0 Å². The summed E-state index contributed by atoms with van der Waals surface area (Å²) in [6.07, 6.45) is 0. The molecule has 0 fully saturated rings. The van der Waals surface area contributed by atoms with Crippen LogP contribution in [0.3, 0.4) is 0 Å². The lowest BCUT2D eigenvalue weighted by atomic mass is 9.33. The molecule has 0 amide bonds. The average Bonchev–Trinajstić information content (AvgIpc) is 0.920. The van der Waals surface area contributed by atoms with Gasteiger partial charge >= 0.3 is 0 Å². The summed E-state index contributed by atoms with van der Waals surface area (Å²) in [5.74, 6) is 0. The van der Waals surface area contributed by atoms with E-state index in [0.717, 1.165) is 56.4 Å². The molecule has 0 aliphatic carbocycles. The number of hydrogen-bond donors (Lipinski definition) is 0. The lowest BCUT2D eigenvalue weighted by molar-refractivity contribution is 0.589. The number of hydrogen-bond acceptors (Lipinski definition) is 2. The fraction of sp³-hybridized carbons (Fsp3) is 0.237. The summed E-state index contributed by atoms with van der Waals surface area (Å²) in [6, 6.07) is 131. The third-order valence-electron chi connectivity index (χ3n) is 26.6. The average molecular weight is 1620 g/mol. The van der Waals surface area contributed by atoms with Crippen LogP contribution in [0.1, 0.15) is 184 Å². The van der Waals surface area contributed by atoms with Crippen molar-refractivity contribution in [3.05, 3.63) is 373 Å². The number of aromatic nitrogens is 1. The Morgan fingerprint density at radius 2 is 0.561 bits per heavy atom. The molecule has 2 aliphatic heterocycles. The van der Waals surface area contributed by atoms with Gasteiger partial charge in [0.1, 0.15) is 0 Å². The van der Waals surface area contributed by atoms with Gasteiger partial charge in [-0.3, -0.25) is 0 Å². The molecule has 2 aliphatic rings. The number of benzene rings is 15. The molecule has 5 heteroatoms. The van der Waals surface area contributed by atoms with Gasteiger partial charge in [0.15, 0.2) is 8.07 Å². The van der Waals surface area contributed by atoms with Crippen LogP contribution in [0, 0.1) is 0 Å². The minimum atomic E-state index is -2.91. The molecule has 0 spiro atoms. The second kappa shape index (κ2) is 30.2. The Hall–Kier alpha value is -12.0. The third kappa shape index (κ3) is 14.6. The molecule has 18 rings (SSSR count). The maximum absolute atomic E-state index is 2.91. The quantitative estimate of drug-likeness (QED) is 0.0892. The van der Waals surface area contributed by atoms with Crippen molar-refractivity contribution in [1.82, 2.24) is 4.57 Å². The molecule has 3 heterocycles. The van der Waals surface area contributed by atoms with Crippen molar-refractivity contribution >= 4 is 108 Å². The highest BCUT2D eigenvalue weighted by molar-refractivity contribution is 7.20. The van der Waals surface area contributed by atoms with Crippen LogP contribution in [0.25, 0.3) is 83.1 Å². The molecule has 0 radical (unpaired) electrons. The van der Waals surface area contributed by atoms with E-state index in [9.17, 15) is 0 Å². The number of anilines is 6. The molecular formula is C118H118BN3Si. The maximum atomic E-state index is 2.78. The van der Waals surface area contributed by atoms with Crippen molar-refractivity contribution in [1.29, 1.82) is 0 Å². The fourth-order valence-corrected chi connectivity index (χ4v) is 24.2. The van der Waals surface area contributed by atoms with Gasteiger partial charge in [0, 0.05) is 61.5 Å². The summed E-state index contributed by atoms with van der Waals surface area (Å²) < 4.78 is 2.59. The van der Waals surface area contributed by atoms with E-state index in [1.807, 2.05) is 0 Å². The first-order valence-electron chi connectivity index (χ1n) is 44.6. The second-order valence-electron chi connectivity index (χ2n) is 42.3. The van der Waals surface area contributed by atoms with Gasteiger partial charge in [-0.1, -0.05) is 400 Å². The highest BCUT2D eigenvalue weighted by atomic mass is 28.3. The maximum Gasteiger partial charge on any atom is 0.252 e. The van der Waals surface area contributed by atoms with E-state index in [1.165, 1.54) is 137 Å². The van der Waals surface area contributed by atoms with Crippen molar-refractivity contribution in [3.63, 3.8) is 0 Å². The zero-order chi connectivity index (χ0) is 86.4. The normalized spacial score (nSPS) is 13.4. The Kier molecular flexibility index (Phi) is 20.1. The van der Waals surface area contributed by atoms with Gasteiger partial charge in [-0.05, 0) is 226 Å². The highest BCUT2D eigenvalue weighted by Gasteiger charge is 2.48. The smallest absolute Gasteiger partial charge is 0.252 e. The summed E-state index contributed by atoms with van der Waals surface area (Å²) in [6.45, 7) is 49.5. The van der Waals surface area contributed by atoms with Crippen LogP contribution in [0.5, 0.6) is 0 Å². The first-order chi connectivity index (χ1) is 58.4. The van der Waals surface area contributed by atoms with Crippen molar-refractivity contribution in [3.8, 4) is 61.3 Å². The van der Waals surface area contributed by atoms with Gasteiger partial charge in [0.2, 0.25) is 0 Å². The van der Waals surface area contributed by atoms with E-state index in [1.54, 1.807) is 0 Å². The summed E-state index contributed by atoms with van der Waals surface area (Å²) in [4.78, 5) is 5.56. The van der Waals surface area contributed by atoms with Crippen molar-refractivity contribution in [2.75, 3.05) is 9.80 Å². The molecule has 1 aromatic heterocycles. The van der Waals surface area contributed by atoms with E-state index >= 15 is 0 Å². The first kappa shape index (κ1) is 82.0. The number of fused-ring (bicyclic) bond motifs is 7. The van der Waals surface area contributed by atoms with Crippen LogP contribution < -0.4 is 46.9 Å². The summed E-state index contributed by atoms with van der Waals surface area (Å²) >= 11 is 0. The first-order valence-corrected chi connectivity index (χ1v) is 46.6. The van der Waals surface area contributed by atoms with E-state index in [2.05, 4.69) is 493 Å². The molecule has 123 heavy (non-hydrogen) atoms. The largest absolute Gasteiger partial charge is 0.310 e. The lowest BCUT2D eigenvalue weighted by Gasteiger charge is -2.47. The molecule has 0 atom stereocenters. The van der Waals surface area contributed by atoms with Crippen LogP contribution in [-0.4, -0.2) is 19.4 Å². The standard InChI is InChI=1S/C118H118BN3Si/c1-112(2,3)83-45-37-43-81(65-83)97-72-88(117(16,17)18)73-98(82-44-38-46-84(66-82)113(4,5)6)111(97)121-105-62-55-80(77-53-59-94(60-54-77)123(91-47-31-24-32-48-91,92-49-33-25-34-50-92)93-51-35-26-36-52-93)67-102(105)119-101-61-58-90(120-103-63-56-85(114(7,8)9)68-99(103)100-69-86(115(10,11)12)57-64-104(100)120)76-106(101)122(108-75-89(118(19,20)21)74-107(121)109(108)119)110-95(78-39-27-22-28-40-78)70-87(116(13,14)15)71-96(110)79-41-29-23-30-42-79/h22-76H,1-21H3. The van der Waals surface area contributed by atoms with Gasteiger partial charge in [-0.2, -0.15) is 0 Å². The minimum absolute atomic E-state index is 0.0758. The topological polar surface area (TPSA) is 11.4 Å². The second-order valence-corrected chi connectivity index (χ2v) is 46.1. The van der Waals surface area contributed by atoms with Gasteiger partial charge in [0.05, 0.1) is 22.4 Å². The zero-order valence-corrected chi connectivity index (χ0v) is 77.2. The summed E-state index contributed by atoms with van der Waals surface area (Å²) in [5, 5.41) is 7.92. The van der Waals surface area contributed by atoms with E-state index in [-0.39, 0.29) is 44.6 Å².